The maximum absolute atomic E-state index is 6.34. The van der Waals surface area contributed by atoms with Crippen molar-refractivity contribution in [3.05, 3.63) is 62.2 Å². The molecular weight excluding hydrogens is 417 g/mol. The number of nitrogens with zero attached hydrogens (tertiary/aromatic N) is 3. The van der Waals surface area contributed by atoms with E-state index in [0.717, 1.165) is 27.4 Å². The average Bonchev–Trinajstić information content (AvgIpc) is 3.11. The maximum atomic E-state index is 6.34. The Hall–Kier alpha value is -2.28. The van der Waals surface area contributed by atoms with Crippen LogP contribution in [-0.4, -0.2) is 31.7 Å². The van der Waals surface area contributed by atoms with Gasteiger partial charge in [0.25, 0.3) is 0 Å². The molecule has 0 spiro atoms. The minimum atomic E-state index is 0.581. The minimum absolute atomic E-state index is 0.581. The molecule has 2 aromatic carbocycles. The van der Waals surface area contributed by atoms with Crippen LogP contribution in [-0.2, 0) is 0 Å². The van der Waals surface area contributed by atoms with Crippen molar-refractivity contribution in [1.29, 1.82) is 0 Å². The average molecular weight is 436 g/mol. The highest BCUT2D eigenvalue weighted by Gasteiger charge is 2.15. The fraction of sp³-hybridized carbons (Fsp3) is 0.200. The Morgan fingerprint density at radius 1 is 1.07 bits per heavy atom. The van der Waals surface area contributed by atoms with E-state index in [-0.39, 0.29) is 0 Å². The van der Waals surface area contributed by atoms with E-state index in [0.29, 0.717) is 21.5 Å². The molecule has 0 aliphatic heterocycles. The van der Waals surface area contributed by atoms with Crippen LogP contribution in [0.1, 0.15) is 12.5 Å². The topological polar surface area (TPSA) is 48.1 Å². The number of thiazole rings is 1. The smallest absolute Gasteiger partial charge is 0.205 e. The number of methoxy groups -OCH3 is 2. The zero-order valence-electron chi connectivity index (χ0n) is 15.9. The molecule has 0 aliphatic carbocycles. The Morgan fingerprint density at radius 2 is 1.86 bits per heavy atom. The molecule has 3 rings (SSSR count). The summed E-state index contributed by atoms with van der Waals surface area (Å²) in [6.07, 6.45) is 0. The number of aromatic nitrogens is 1. The second-order valence-electron chi connectivity index (χ2n) is 5.81. The molecule has 8 heteroatoms. The van der Waals surface area contributed by atoms with E-state index in [1.807, 2.05) is 30.5 Å². The van der Waals surface area contributed by atoms with Crippen LogP contribution < -0.4 is 14.3 Å². The summed E-state index contributed by atoms with van der Waals surface area (Å²) < 4.78 is 12.7. The van der Waals surface area contributed by atoms with Crippen LogP contribution in [0, 0.1) is 0 Å². The van der Waals surface area contributed by atoms with Crippen LogP contribution in [0.3, 0.4) is 0 Å². The first-order valence-corrected chi connectivity index (χ1v) is 9.98. The summed E-state index contributed by atoms with van der Waals surface area (Å²) in [5.41, 5.74) is 3.16. The fourth-order valence-corrected chi connectivity index (χ4v) is 3.94. The second kappa shape index (κ2) is 8.82. The van der Waals surface area contributed by atoms with Gasteiger partial charge >= 0.3 is 0 Å². The molecule has 0 fully saturated rings. The molecule has 146 valence electrons. The van der Waals surface area contributed by atoms with Crippen molar-refractivity contribution >= 4 is 40.3 Å². The Balaban J connectivity index is 2.21. The number of benzene rings is 2. The molecule has 0 N–H and O–H groups in total. The van der Waals surface area contributed by atoms with E-state index in [4.69, 9.17) is 37.8 Å². The number of hydrogen-bond acceptors (Lipinski definition) is 5. The molecule has 0 unspecified atom stereocenters. The van der Waals surface area contributed by atoms with Crippen LogP contribution in [0.4, 0.5) is 0 Å². The van der Waals surface area contributed by atoms with E-state index < -0.39 is 0 Å². The molecule has 3 aromatic rings. The lowest BCUT2D eigenvalue weighted by molar-refractivity contribution is 0.404. The Labute approximate surface area is 177 Å². The van der Waals surface area contributed by atoms with Crippen molar-refractivity contribution in [2.45, 2.75) is 6.92 Å². The number of halogens is 2. The molecule has 0 saturated heterocycles. The van der Waals surface area contributed by atoms with Crippen molar-refractivity contribution in [3.63, 3.8) is 0 Å². The van der Waals surface area contributed by atoms with Crippen molar-refractivity contribution in [3.8, 4) is 22.8 Å². The van der Waals surface area contributed by atoms with E-state index in [2.05, 4.69) is 4.99 Å². The summed E-state index contributed by atoms with van der Waals surface area (Å²) in [6.45, 7) is 1.88. The van der Waals surface area contributed by atoms with Crippen LogP contribution in [0.2, 0.25) is 10.0 Å². The van der Waals surface area contributed by atoms with Crippen LogP contribution >= 0.6 is 34.5 Å². The maximum Gasteiger partial charge on any atom is 0.205 e. The molecular formula is C20H19Cl2N3O2S. The van der Waals surface area contributed by atoms with Gasteiger partial charge in [0.15, 0.2) is 0 Å². The normalized spacial score (nSPS) is 12.4. The zero-order chi connectivity index (χ0) is 20.3. The summed E-state index contributed by atoms with van der Waals surface area (Å²) in [4.78, 5) is 5.08. The van der Waals surface area contributed by atoms with Crippen molar-refractivity contribution in [1.82, 2.24) is 4.68 Å². The van der Waals surface area contributed by atoms with Gasteiger partial charge in [0.2, 0.25) is 4.80 Å². The number of rotatable bonds is 5. The first-order valence-electron chi connectivity index (χ1n) is 8.35. The summed E-state index contributed by atoms with van der Waals surface area (Å²) >= 11 is 14.0. The van der Waals surface area contributed by atoms with Gasteiger partial charge in [-0.15, -0.1) is 11.3 Å². The highest BCUT2D eigenvalue weighted by Crippen LogP contribution is 2.34. The molecule has 0 radical (unpaired) electrons. The molecule has 0 amide bonds. The standard InChI is InChI=1S/C20H19Cl2N3O2S/c1-12(15-9-13(21)5-7-17(15)22)24-25-18(11-28-20(25)23-2)16-10-14(26-3)6-8-19(16)27-4/h5-11H,1-4H3. The molecule has 0 aliphatic rings. The van der Waals surface area contributed by atoms with Gasteiger partial charge in [0.1, 0.15) is 11.5 Å². The van der Waals surface area contributed by atoms with Gasteiger partial charge in [-0.25, -0.2) is 4.68 Å². The third kappa shape index (κ3) is 4.09. The summed E-state index contributed by atoms with van der Waals surface area (Å²) in [6, 6.07) is 10.9. The van der Waals surface area contributed by atoms with Crippen LogP contribution in [0.15, 0.2) is 51.9 Å². The van der Waals surface area contributed by atoms with Gasteiger partial charge < -0.3 is 9.47 Å². The first-order chi connectivity index (χ1) is 13.5. The number of hydrogen-bond donors (Lipinski definition) is 0. The van der Waals surface area contributed by atoms with Crippen molar-refractivity contribution in [2.24, 2.45) is 10.1 Å². The van der Waals surface area contributed by atoms with Crippen LogP contribution in [0.5, 0.6) is 11.5 Å². The fourth-order valence-electron chi connectivity index (χ4n) is 2.73. The highest BCUT2D eigenvalue weighted by atomic mass is 35.5. The Kier molecular flexibility index (Phi) is 6.44. The van der Waals surface area contributed by atoms with Gasteiger partial charge in [0.05, 0.1) is 25.6 Å². The van der Waals surface area contributed by atoms with E-state index in [9.17, 15) is 0 Å². The van der Waals surface area contributed by atoms with Gasteiger partial charge in [-0.2, -0.15) is 5.10 Å². The SMILES string of the molecule is CN=c1scc(-c2cc(OC)ccc2OC)n1N=C(C)c1cc(Cl)ccc1Cl. The van der Waals surface area contributed by atoms with Gasteiger partial charge in [0, 0.05) is 33.6 Å². The molecule has 0 bridgehead atoms. The Morgan fingerprint density at radius 3 is 2.54 bits per heavy atom. The zero-order valence-corrected chi connectivity index (χ0v) is 18.2. The monoisotopic (exact) mass is 435 g/mol. The molecule has 1 heterocycles. The largest absolute Gasteiger partial charge is 0.497 e. The molecule has 28 heavy (non-hydrogen) atoms. The lowest BCUT2D eigenvalue weighted by Gasteiger charge is -2.12. The number of ether oxygens (including phenoxy) is 2. The van der Waals surface area contributed by atoms with Gasteiger partial charge in [-0.05, 0) is 43.3 Å². The minimum Gasteiger partial charge on any atom is -0.497 e. The summed E-state index contributed by atoms with van der Waals surface area (Å²) in [7, 11) is 4.99. The van der Waals surface area contributed by atoms with E-state index in [1.54, 1.807) is 44.1 Å². The third-order valence-corrected chi connectivity index (χ3v) is 5.60. The molecule has 5 nitrogen and oxygen atoms in total. The van der Waals surface area contributed by atoms with Crippen LogP contribution in [0.25, 0.3) is 11.3 Å². The van der Waals surface area contributed by atoms with Crippen molar-refractivity contribution < 1.29 is 9.47 Å². The molecule has 0 atom stereocenters. The van der Waals surface area contributed by atoms with Crippen molar-refractivity contribution in [2.75, 3.05) is 21.3 Å². The third-order valence-electron chi connectivity index (χ3n) is 4.13. The molecule has 1 aromatic heterocycles. The lowest BCUT2D eigenvalue weighted by Crippen LogP contribution is -2.14. The first kappa shape index (κ1) is 20.5. The predicted molar refractivity (Wildman–Crippen MR) is 116 cm³/mol. The lowest BCUT2D eigenvalue weighted by atomic mass is 10.1. The summed E-state index contributed by atoms with van der Waals surface area (Å²) in [5, 5.41) is 7.94. The van der Waals surface area contributed by atoms with E-state index in [1.165, 1.54) is 11.3 Å². The highest BCUT2D eigenvalue weighted by molar-refractivity contribution is 7.07. The Bertz CT molecular complexity index is 1100. The predicted octanol–water partition coefficient (Wildman–Crippen LogP) is 5.34. The van der Waals surface area contributed by atoms with Gasteiger partial charge in [-0.3, -0.25) is 4.99 Å². The molecule has 0 saturated carbocycles. The second-order valence-corrected chi connectivity index (χ2v) is 7.49. The van der Waals surface area contributed by atoms with Gasteiger partial charge in [-0.1, -0.05) is 23.2 Å². The quantitative estimate of drug-likeness (QED) is 0.507. The van der Waals surface area contributed by atoms with E-state index >= 15 is 0 Å². The summed E-state index contributed by atoms with van der Waals surface area (Å²) in [5.74, 6) is 1.44.